The zero-order valence-corrected chi connectivity index (χ0v) is 17.3. The lowest BCUT2D eigenvalue weighted by Crippen LogP contribution is -2.10. The van der Waals surface area contributed by atoms with Gasteiger partial charge in [0.2, 0.25) is 5.43 Å². The Bertz CT molecular complexity index is 1430. The van der Waals surface area contributed by atoms with Crippen LogP contribution >= 0.6 is 11.6 Å². The number of nitro benzene ring substituents is 1. The maximum Gasteiger partial charge on any atom is 0.343 e. The molecule has 0 aliphatic carbocycles. The number of benzene rings is 3. The lowest BCUT2D eigenvalue weighted by Gasteiger charge is -2.09. The highest BCUT2D eigenvalue weighted by Gasteiger charge is 2.18. The van der Waals surface area contributed by atoms with Gasteiger partial charge in [-0.3, -0.25) is 14.9 Å². The van der Waals surface area contributed by atoms with Gasteiger partial charge < -0.3 is 13.9 Å². The van der Waals surface area contributed by atoms with Crippen molar-refractivity contribution in [2.75, 3.05) is 7.11 Å². The molecule has 0 aliphatic rings. The smallest absolute Gasteiger partial charge is 0.343 e. The largest absolute Gasteiger partial charge is 0.496 e. The Hall–Kier alpha value is -4.17. The van der Waals surface area contributed by atoms with Crippen molar-refractivity contribution in [3.63, 3.8) is 0 Å². The number of para-hydroxylation sites is 1. The molecule has 0 atom stereocenters. The predicted molar refractivity (Wildman–Crippen MR) is 118 cm³/mol. The van der Waals surface area contributed by atoms with E-state index in [9.17, 15) is 19.7 Å². The molecule has 4 aromatic rings. The van der Waals surface area contributed by atoms with Crippen LogP contribution in [0.3, 0.4) is 0 Å². The first-order valence-corrected chi connectivity index (χ1v) is 9.62. The summed E-state index contributed by atoms with van der Waals surface area (Å²) in [5, 5.41) is 11.2. The summed E-state index contributed by atoms with van der Waals surface area (Å²) in [5.74, 6) is -0.188. The molecule has 9 heteroatoms. The Kier molecular flexibility index (Phi) is 5.61. The van der Waals surface area contributed by atoms with E-state index in [1.54, 1.807) is 24.3 Å². The highest BCUT2D eigenvalue weighted by molar-refractivity contribution is 6.32. The summed E-state index contributed by atoms with van der Waals surface area (Å²) in [4.78, 5) is 35.7. The Balaban J connectivity index is 1.66. The topological polar surface area (TPSA) is 109 Å². The molecule has 0 saturated heterocycles. The maximum atomic E-state index is 13.0. The van der Waals surface area contributed by atoms with Crippen molar-refractivity contribution in [3.8, 4) is 22.6 Å². The van der Waals surface area contributed by atoms with Crippen LogP contribution in [-0.2, 0) is 0 Å². The first-order chi connectivity index (χ1) is 15.4. The molecule has 1 heterocycles. The monoisotopic (exact) mass is 451 g/mol. The standard InChI is InChI=1S/C23H14ClNO7/c1-30-20-5-3-2-4-15(20)17-12-31-21-11-14(7-8-16(21)22(17)26)32-23(27)13-6-9-18(24)19(10-13)25(28)29/h2-12H,1H3. The summed E-state index contributed by atoms with van der Waals surface area (Å²) in [5.41, 5.74) is 0.394. The fraction of sp³-hybridized carbons (Fsp3) is 0.0435. The number of hydrogen-bond donors (Lipinski definition) is 0. The second-order valence-corrected chi connectivity index (χ2v) is 7.06. The van der Waals surface area contributed by atoms with Crippen molar-refractivity contribution in [2.45, 2.75) is 0 Å². The Morgan fingerprint density at radius 1 is 1.06 bits per heavy atom. The lowest BCUT2D eigenvalue weighted by atomic mass is 10.0. The number of halogens is 1. The molecule has 0 unspecified atom stereocenters. The summed E-state index contributed by atoms with van der Waals surface area (Å²) in [6.45, 7) is 0. The summed E-state index contributed by atoms with van der Waals surface area (Å²) in [6, 6.07) is 15.0. The average Bonchev–Trinajstić information content (AvgIpc) is 2.79. The third-order valence-corrected chi connectivity index (χ3v) is 5.05. The second kappa shape index (κ2) is 8.52. The molecule has 0 bridgehead atoms. The number of fused-ring (bicyclic) bond motifs is 1. The van der Waals surface area contributed by atoms with E-state index < -0.39 is 16.6 Å². The van der Waals surface area contributed by atoms with Crippen LogP contribution in [0.4, 0.5) is 5.69 Å². The van der Waals surface area contributed by atoms with Crippen LogP contribution in [0, 0.1) is 10.1 Å². The molecule has 160 valence electrons. The number of hydrogen-bond acceptors (Lipinski definition) is 7. The molecule has 0 amide bonds. The first-order valence-electron chi connectivity index (χ1n) is 9.24. The van der Waals surface area contributed by atoms with E-state index in [4.69, 9.17) is 25.5 Å². The van der Waals surface area contributed by atoms with Crippen molar-refractivity contribution in [2.24, 2.45) is 0 Å². The third-order valence-electron chi connectivity index (χ3n) is 4.73. The lowest BCUT2D eigenvalue weighted by molar-refractivity contribution is -0.384. The molecule has 1 aromatic heterocycles. The summed E-state index contributed by atoms with van der Waals surface area (Å²) < 4.78 is 16.2. The van der Waals surface area contributed by atoms with Gasteiger partial charge in [0.05, 0.1) is 28.5 Å². The van der Waals surface area contributed by atoms with E-state index in [0.29, 0.717) is 16.9 Å². The third kappa shape index (κ3) is 3.91. The van der Waals surface area contributed by atoms with E-state index in [1.807, 2.05) is 0 Å². The van der Waals surface area contributed by atoms with Crippen LogP contribution in [0.1, 0.15) is 10.4 Å². The van der Waals surface area contributed by atoms with Crippen molar-refractivity contribution in [1.29, 1.82) is 0 Å². The normalized spacial score (nSPS) is 10.7. The number of carbonyl (C=O) groups excluding carboxylic acids is 1. The minimum atomic E-state index is -0.822. The quantitative estimate of drug-likeness (QED) is 0.176. The molecule has 32 heavy (non-hydrogen) atoms. The van der Waals surface area contributed by atoms with Gasteiger partial charge in [-0.1, -0.05) is 29.8 Å². The molecule has 0 fully saturated rings. The molecular formula is C23H14ClNO7. The highest BCUT2D eigenvalue weighted by Crippen LogP contribution is 2.30. The van der Waals surface area contributed by atoms with Crippen molar-refractivity contribution >= 4 is 34.2 Å². The zero-order valence-electron chi connectivity index (χ0n) is 16.5. The number of nitro groups is 1. The van der Waals surface area contributed by atoms with Crippen LogP contribution in [-0.4, -0.2) is 18.0 Å². The van der Waals surface area contributed by atoms with E-state index in [-0.39, 0.29) is 32.7 Å². The molecule has 0 spiro atoms. The number of methoxy groups -OCH3 is 1. The Morgan fingerprint density at radius 2 is 1.84 bits per heavy atom. The van der Waals surface area contributed by atoms with Gasteiger partial charge in [0.1, 0.15) is 28.4 Å². The van der Waals surface area contributed by atoms with Gasteiger partial charge in [-0.25, -0.2) is 4.79 Å². The molecular weight excluding hydrogens is 438 g/mol. The molecule has 0 radical (unpaired) electrons. The molecule has 0 saturated carbocycles. The molecule has 3 aromatic carbocycles. The second-order valence-electron chi connectivity index (χ2n) is 6.65. The van der Waals surface area contributed by atoms with E-state index >= 15 is 0 Å². The fourth-order valence-electron chi connectivity index (χ4n) is 3.17. The summed E-state index contributed by atoms with van der Waals surface area (Å²) in [6.07, 6.45) is 1.32. The average molecular weight is 452 g/mol. The van der Waals surface area contributed by atoms with Gasteiger partial charge in [0, 0.05) is 17.7 Å². The molecule has 0 aliphatic heterocycles. The summed E-state index contributed by atoms with van der Waals surface area (Å²) >= 11 is 5.77. The Morgan fingerprint density at radius 3 is 2.59 bits per heavy atom. The number of nitrogens with zero attached hydrogens (tertiary/aromatic N) is 1. The minimum Gasteiger partial charge on any atom is -0.496 e. The van der Waals surface area contributed by atoms with Crippen molar-refractivity contribution in [1.82, 2.24) is 0 Å². The minimum absolute atomic E-state index is 0.0471. The number of esters is 1. The highest BCUT2D eigenvalue weighted by atomic mass is 35.5. The predicted octanol–water partition coefficient (Wildman–Crippen LogP) is 5.25. The number of carbonyl (C=O) groups is 1. The van der Waals surface area contributed by atoms with E-state index in [0.717, 1.165) is 6.07 Å². The fourth-order valence-corrected chi connectivity index (χ4v) is 3.36. The van der Waals surface area contributed by atoms with Gasteiger partial charge in [0.15, 0.2) is 0 Å². The van der Waals surface area contributed by atoms with Crippen LogP contribution in [0.25, 0.3) is 22.1 Å². The van der Waals surface area contributed by atoms with Crippen LogP contribution in [0.2, 0.25) is 5.02 Å². The van der Waals surface area contributed by atoms with Crippen molar-refractivity contribution in [3.05, 3.63) is 97.9 Å². The van der Waals surface area contributed by atoms with E-state index in [2.05, 4.69) is 0 Å². The molecule has 4 rings (SSSR count). The Labute approximate surface area is 185 Å². The maximum absolute atomic E-state index is 13.0. The van der Waals surface area contributed by atoms with Gasteiger partial charge >= 0.3 is 5.97 Å². The van der Waals surface area contributed by atoms with Gasteiger partial charge in [-0.05, 0) is 30.3 Å². The van der Waals surface area contributed by atoms with Crippen LogP contribution < -0.4 is 14.9 Å². The SMILES string of the molecule is COc1ccccc1-c1coc2cc(OC(=O)c3ccc(Cl)c([N+](=O)[O-])c3)ccc2c1=O. The van der Waals surface area contributed by atoms with Crippen LogP contribution in [0.5, 0.6) is 11.5 Å². The molecule has 0 N–H and O–H groups in total. The molecule has 8 nitrogen and oxygen atoms in total. The van der Waals surface area contributed by atoms with E-state index in [1.165, 1.54) is 43.7 Å². The van der Waals surface area contributed by atoms with Crippen LogP contribution in [0.15, 0.2) is 76.1 Å². The van der Waals surface area contributed by atoms with Gasteiger partial charge in [0.25, 0.3) is 5.69 Å². The van der Waals surface area contributed by atoms with Gasteiger partial charge in [-0.15, -0.1) is 0 Å². The van der Waals surface area contributed by atoms with Gasteiger partial charge in [-0.2, -0.15) is 0 Å². The zero-order chi connectivity index (χ0) is 22.8. The number of rotatable bonds is 5. The van der Waals surface area contributed by atoms with Crippen molar-refractivity contribution < 1.29 is 23.6 Å². The number of ether oxygens (including phenoxy) is 2. The summed E-state index contributed by atoms with van der Waals surface area (Å²) in [7, 11) is 1.51. The first kappa shape index (κ1) is 21.1.